The fraction of sp³-hybridized carbons (Fsp3) is 0.900. The first kappa shape index (κ1) is 14.6. The summed E-state index contributed by atoms with van der Waals surface area (Å²) < 4.78 is 11.6. The van der Waals surface area contributed by atoms with E-state index in [0.717, 1.165) is 6.42 Å². The summed E-state index contributed by atoms with van der Waals surface area (Å²) >= 11 is 0. The standard InChI is InChI=1S/C10H22N2O2S/c1-8(2)12-10(13)5-7-15(14)9(3)4-6-11/h8-9H,4-7,11H2,1-3H3,(H,12,13). The molecule has 0 aliphatic carbocycles. The Balaban J connectivity index is 3.75. The van der Waals surface area contributed by atoms with Crippen molar-refractivity contribution in [3.05, 3.63) is 0 Å². The molecule has 2 unspecified atom stereocenters. The van der Waals surface area contributed by atoms with Crippen LogP contribution in [0.15, 0.2) is 0 Å². The maximum absolute atomic E-state index is 11.6. The number of carbonyl (C=O) groups is 1. The molecule has 0 bridgehead atoms. The lowest BCUT2D eigenvalue weighted by atomic mass is 10.3. The van der Waals surface area contributed by atoms with Gasteiger partial charge in [0.2, 0.25) is 5.91 Å². The molecule has 0 radical (unpaired) electrons. The van der Waals surface area contributed by atoms with Crippen molar-refractivity contribution in [1.82, 2.24) is 5.32 Å². The van der Waals surface area contributed by atoms with Gasteiger partial charge in [-0.2, -0.15) is 0 Å². The van der Waals surface area contributed by atoms with E-state index in [2.05, 4.69) is 5.32 Å². The Labute approximate surface area is 94.4 Å². The molecule has 2 atom stereocenters. The van der Waals surface area contributed by atoms with Crippen LogP contribution < -0.4 is 11.1 Å². The van der Waals surface area contributed by atoms with Crippen molar-refractivity contribution in [3.8, 4) is 0 Å². The summed E-state index contributed by atoms with van der Waals surface area (Å²) in [6.45, 7) is 6.27. The fourth-order valence-corrected chi connectivity index (χ4v) is 2.34. The van der Waals surface area contributed by atoms with Crippen LogP contribution in [0.2, 0.25) is 0 Å². The zero-order valence-corrected chi connectivity index (χ0v) is 10.6. The Hall–Kier alpha value is -0.420. The van der Waals surface area contributed by atoms with Crippen molar-refractivity contribution in [3.63, 3.8) is 0 Å². The average molecular weight is 234 g/mol. The summed E-state index contributed by atoms with van der Waals surface area (Å²) in [7, 11) is -0.941. The van der Waals surface area contributed by atoms with E-state index in [1.54, 1.807) is 0 Å². The Kier molecular flexibility index (Phi) is 7.60. The van der Waals surface area contributed by atoms with E-state index in [1.807, 2.05) is 20.8 Å². The molecule has 0 aliphatic heterocycles. The molecule has 0 aromatic rings. The number of nitrogens with one attached hydrogen (secondary N) is 1. The van der Waals surface area contributed by atoms with E-state index in [9.17, 15) is 9.00 Å². The molecule has 0 spiro atoms. The predicted molar refractivity (Wildman–Crippen MR) is 64.0 cm³/mol. The van der Waals surface area contributed by atoms with Gasteiger partial charge in [0.1, 0.15) is 0 Å². The number of carbonyl (C=O) groups excluding carboxylic acids is 1. The highest BCUT2D eigenvalue weighted by Crippen LogP contribution is 2.02. The summed E-state index contributed by atoms with van der Waals surface area (Å²) in [5.74, 6) is 0.401. The number of hydrogen-bond acceptors (Lipinski definition) is 3. The van der Waals surface area contributed by atoms with Crippen LogP contribution in [0.3, 0.4) is 0 Å². The van der Waals surface area contributed by atoms with Crippen LogP contribution in [-0.4, -0.2) is 33.7 Å². The van der Waals surface area contributed by atoms with Crippen molar-refractivity contribution < 1.29 is 9.00 Å². The van der Waals surface area contributed by atoms with E-state index in [1.165, 1.54) is 0 Å². The van der Waals surface area contributed by atoms with Gasteiger partial charge in [0.25, 0.3) is 0 Å². The van der Waals surface area contributed by atoms with Crippen LogP contribution >= 0.6 is 0 Å². The van der Waals surface area contributed by atoms with E-state index >= 15 is 0 Å². The van der Waals surface area contributed by atoms with Crippen molar-refractivity contribution in [2.75, 3.05) is 12.3 Å². The zero-order chi connectivity index (χ0) is 11.8. The van der Waals surface area contributed by atoms with Gasteiger partial charge in [-0.3, -0.25) is 9.00 Å². The largest absolute Gasteiger partial charge is 0.354 e. The lowest BCUT2D eigenvalue weighted by molar-refractivity contribution is -0.121. The zero-order valence-electron chi connectivity index (χ0n) is 9.79. The summed E-state index contributed by atoms with van der Waals surface area (Å²) in [6.07, 6.45) is 1.08. The minimum atomic E-state index is -0.941. The van der Waals surface area contributed by atoms with Crippen LogP contribution in [0.5, 0.6) is 0 Å². The molecule has 0 saturated heterocycles. The number of nitrogens with two attached hydrogens (primary N) is 1. The summed E-state index contributed by atoms with van der Waals surface area (Å²) in [6, 6.07) is 0.146. The molecule has 4 nitrogen and oxygen atoms in total. The molecular weight excluding hydrogens is 212 g/mol. The van der Waals surface area contributed by atoms with Crippen LogP contribution in [-0.2, 0) is 15.6 Å². The lowest BCUT2D eigenvalue weighted by Gasteiger charge is -2.11. The predicted octanol–water partition coefficient (Wildman–Crippen LogP) is 0.387. The second-order valence-electron chi connectivity index (χ2n) is 3.95. The summed E-state index contributed by atoms with van der Waals surface area (Å²) in [4.78, 5) is 11.3. The van der Waals surface area contributed by atoms with Gasteiger partial charge in [0.15, 0.2) is 0 Å². The Bertz CT molecular complexity index is 219. The quantitative estimate of drug-likeness (QED) is 0.669. The highest BCUT2D eigenvalue weighted by atomic mass is 32.2. The first-order chi connectivity index (χ1) is 6.97. The van der Waals surface area contributed by atoms with Gasteiger partial charge in [0.05, 0.1) is 0 Å². The van der Waals surface area contributed by atoms with Crippen LogP contribution in [0.25, 0.3) is 0 Å². The smallest absolute Gasteiger partial charge is 0.221 e. The van der Waals surface area contributed by atoms with E-state index in [-0.39, 0.29) is 17.2 Å². The fourth-order valence-electron chi connectivity index (χ4n) is 1.15. The molecule has 0 aromatic heterocycles. The molecule has 5 heteroatoms. The molecule has 90 valence electrons. The van der Waals surface area contributed by atoms with Crippen molar-refractivity contribution >= 4 is 16.7 Å². The molecule has 15 heavy (non-hydrogen) atoms. The maximum Gasteiger partial charge on any atom is 0.221 e. The second-order valence-corrected chi connectivity index (χ2v) is 5.92. The molecule has 0 heterocycles. The molecule has 0 aliphatic rings. The molecular formula is C10H22N2O2S. The SMILES string of the molecule is CC(C)NC(=O)CCS(=O)C(C)CCN. The number of rotatable bonds is 7. The van der Waals surface area contributed by atoms with Gasteiger partial charge in [-0.25, -0.2) is 0 Å². The Morgan fingerprint density at radius 1 is 1.40 bits per heavy atom. The minimum Gasteiger partial charge on any atom is -0.354 e. The van der Waals surface area contributed by atoms with Gasteiger partial charge >= 0.3 is 0 Å². The summed E-state index contributed by atoms with van der Waals surface area (Å²) in [5, 5.41) is 2.86. The number of hydrogen-bond donors (Lipinski definition) is 2. The van der Waals surface area contributed by atoms with E-state index < -0.39 is 10.8 Å². The third-order valence-corrected chi connectivity index (χ3v) is 3.74. The molecule has 0 aromatic carbocycles. The minimum absolute atomic E-state index is 0.0294. The van der Waals surface area contributed by atoms with Gasteiger partial charge in [-0.1, -0.05) is 6.92 Å². The lowest BCUT2D eigenvalue weighted by Crippen LogP contribution is -2.31. The topological polar surface area (TPSA) is 72.2 Å². The van der Waals surface area contributed by atoms with Gasteiger partial charge in [0, 0.05) is 34.3 Å². The third kappa shape index (κ3) is 7.50. The van der Waals surface area contributed by atoms with Crippen molar-refractivity contribution in [2.24, 2.45) is 5.73 Å². The first-order valence-corrected chi connectivity index (χ1v) is 6.72. The van der Waals surface area contributed by atoms with Gasteiger partial charge in [-0.05, 0) is 26.8 Å². The Morgan fingerprint density at radius 3 is 2.47 bits per heavy atom. The van der Waals surface area contributed by atoms with Crippen molar-refractivity contribution in [2.45, 2.75) is 44.9 Å². The normalized spacial score (nSPS) is 15.0. The monoisotopic (exact) mass is 234 g/mol. The third-order valence-electron chi connectivity index (χ3n) is 2.00. The highest BCUT2D eigenvalue weighted by molar-refractivity contribution is 7.85. The van der Waals surface area contributed by atoms with Gasteiger partial charge in [-0.15, -0.1) is 0 Å². The van der Waals surface area contributed by atoms with Crippen LogP contribution in [0, 0.1) is 0 Å². The van der Waals surface area contributed by atoms with Gasteiger partial charge < -0.3 is 11.1 Å². The highest BCUT2D eigenvalue weighted by Gasteiger charge is 2.12. The molecule has 0 fully saturated rings. The van der Waals surface area contributed by atoms with E-state index in [0.29, 0.717) is 18.7 Å². The Morgan fingerprint density at radius 2 is 2.00 bits per heavy atom. The molecule has 1 amide bonds. The van der Waals surface area contributed by atoms with E-state index in [4.69, 9.17) is 5.73 Å². The molecule has 0 saturated carbocycles. The average Bonchev–Trinajstić information content (AvgIpc) is 2.13. The molecule has 3 N–H and O–H groups in total. The summed E-state index contributed by atoms with van der Waals surface area (Å²) in [5.41, 5.74) is 5.38. The van der Waals surface area contributed by atoms with Crippen LogP contribution in [0.4, 0.5) is 0 Å². The molecule has 0 rings (SSSR count). The maximum atomic E-state index is 11.6. The first-order valence-electron chi connectivity index (χ1n) is 5.34. The second kappa shape index (κ2) is 7.82. The number of amides is 1. The van der Waals surface area contributed by atoms with Crippen molar-refractivity contribution in [1.29, 1.82) is 0 Å². The van der Waals surface area contributed by atoms with Crippen LogP contribution in [0.1, 0.15) is 33.6 Å².